The number of nitrogens with one attached hydrogen (secondary N) is 2. The van der Waals surface area contributed by atoms with Gasteiger partial charge in [-0.25, -0.2) is 4.39 Å². The summed E-state index contributed by atoms with van der Waals surface area (Å²) in [6.07, 6.45) is 0. The Morgan fingerprint density at radius 2 is 2.11 bits per heavy atom. The predicted molar refractivity (Wildman–Crippen MR) is 75.2 cm³/mol. The lowest BCUT2D eigenvalue weighted by Crippen LogP contribution is -2.32. The Morgan fingerprint density at radius 1 is 1.44 bits per heavy atom. The molecule has 0 aromatic heterocycles. The van der Waals surface area contributed by atoms with E-state index in [1.165, 1.54) is 6.07 Å². The van der Waals surface area contributed by atoms with E-state index in [4.69, 9.17) is 0 Å². The summed E-state index contributed by atoms with van der Waals surface area (Å²) in [5, 5.41) is 5.81. The second kappa shape index (κ2) is 6.73. The van der Waals surface area contributed by atoms with Crippen LogP contribution in [0, 0.1) is 18.7 Å². The highest BCUT2D eigenvalue weighted by molar-refractivity contribution is 9.10. The summed E-state index contributed by atoms with van der Waals surface area (Å²) < 4.78 is 13.6. The maximum absolute atomic E-state index is 13.2. The first-order chi connectivity index (χ1) is 8.40. The van der Waals surface area contributed by atoms with Crippen LogP contribution in [-0.4, -0.2) is 19.0 Å². The van der Waals surface area contributed by atoms with Crippen LogP contribution in [0.3, 0.4) is 0 Å². The van der Waals surface area contributed by atoms with Gasteiger partial charge in [0, 0.05) is 12.2 Å². The number of rotatable bonds is 5. The molecular weight excluding hydrogens is 299 g/mol. The highest BCUT2D eigenvalue weighted by Gasteiger charge is 2.07. The first kappa shape index (κ1) is 15.0. The number of carbonyl (C=O) groups excluding carboxylic acids is 1. The van der Waals surface area contributed by atoms with Crippen molar-refractivity contribution in [1.82, 2.24) is 5.32 Å². The molecule has 0 aliphatic carbocycles. The Labute approximate surface area is 115 Å². The predicted octanol–water partition coefficient (Wildman–Crippen LogP) is 3.08. The number of halogens is 2. The van der Waals surface area contributed by atoms with Crippen LogP contribution in [0.25, 0.3) is 0 Å². The highest BCUT2D eigenvalue weighted by atomic mass is 79.9. The molecule has 3 nitrogen and oxygen atoms in total. The summed E-state index contributed by atoms with van der Waals surface area (Å²) in [6.45, 7) is 6.71. The number of aryl methyl sites for hydroxylation is 1. The fraction of sp³-hybridized carbons (Fsp3) is 0.462. The third-order valence-corrected chi connectivity index (χ3v) is 3.02. The molecule has 5 heteroatoms. The van der Waals surface area contributed by atoms with Crippen molar-refractivity contribution in [3.63, 3.8) is 0 Å². The summed E-state index contributed by atoms with van der Waals surface area (Å²) in [5.74, 6) is 0.0570. The van der Waals surface area contributed by atoms with Crippen molar-refractivity contribution in [3.05, 3.63) is 28.0 Å². The van der Waals surface area contributed by atoms with Gasteiger partial charge in [0.05, 0.1) is 11.0 Å². The van der Waals surface area contributed by atoms with E-state index in [9.17, 15) is 9.18 Å². The number of benzene rings is 1. The first-order valence-electron chi connectivity index (χ1n) is 5.86. The summed E-state index contributed by atoms with van der Waals surface area (Å²) >= 11 is 3.12. The van der Waals surface area contributed by atoms with Crippen molar-refractivity contribution < 1.29 is 9.18 Å². The number of carbonyl (C=O) groups is 1. The highest BCUT2D eigenvalue weighted by Crippen LogP contribution is 2.23. The van der Waals surface area contributed by atoms with Crippen molar-refractivity contribution >= 4 is 27.5 Å². The van der Waals surface area contributed by atoms with Gasteiger partial charge in [0.25, 0.3) is 0 Å². The smallest absolute Gasteiger partial charge is 0.239 e. The fourth-order valence-corrected chi connectivity index (χ4v) is 1.74. The van der Waals surface area contributed by atoms with E-state index < -0.39 is 0 Å². The van der Waals surface area contributed by atoms with E-state index in [2.05, 4.69) is 26.6 Å². The number of hydrogen-bond acceptors (Lipinski definition) is 2. The van der Waals surface area contributed by atoms with E-state index in [1.54, 1.807) is 13.0 Å². The molecule has 1 rings (SSSR count). The quantitative estimate of drug-likeness (QED) is 0.876. The molecule has 100 valence electrons. The molecule has 0 fully saturated rings. The molecule has 0 bridgehead atoms. The van der Waals surface area contributed by atoms with Gasteiger partial charge in [0.15, 0.2) is 0 Å². The van der Waals surface area contributed by atoms with Gasteiger partial charge in [0.1, 0.15) is 5.82 Å². The molecule has 0 unspecified atom stereocenters. The van der Waals surface area contributed by atoms with Gasteiger partial charge in [-0.05, 0) is 46.5 Å². The molecule has 0 saturated carbocycles. The molecule has 0 saturated heterocycles. The molecule has 1 aromatic rings. The van der Waals surface area contributed by atoms with Gasteiger partial charge < -0.3 is 10.6 Å². The minimum Gasteiger partial charge on any atom is -0.376 e. The van der Waals surface area contributed by atoms with Gasteiger partial charge in [-0.2, -0.15) is 0 Å². The summed E-state index contributed by atoms with van der Waals surface area (Å²) in [7, 11) is 0. The molecule has 1 aromatic carbocycles. The van der Waals surface area contributed by atoms with Crippen LogP contribution in [0.15, 0.2) is 16.6 Å². The zero-order valence-corrected chi connectivity index (χ0v) is 12.4. The van der Waals surface area contributed by atoms with Crippen molar-refractivity contribution in [2.75, 3.05) is 18.4 Å². The Balaban J connectivity index is 2.53. The third-order valence-electron chi connectivity index (χ3n) is 2.41. The van der Waals surface area contributed by atoms with E-state index in [0.29, 0.717) is 16.9 Å². The molecule has 18 heavy (non-hydrogen) atoms. The van der Waals surface area contributed by atoms with Crippen molar-refractivity contribution in [3.8, 4) is 0 Å². The van der Waals surface area contributed by atoms with Crippen molar-refractivity contribution in [2.45, 2.75) is 20.8 Å². The summed E-state index contributed by atoms with van der Waals surface area (Å²) in [5.41, 5.74) is 1.52. The summed E-state index contributed by atoms with van der Waals surface area (Å²) in [6, 6.07) is 3.07. The van der Waals surface area contributed by atoms with E-state index >= 15 is 0 Å². The second-order valence-electron chi connectivity index (χ2n) is 4.63. The average molecular weight is 317 g/mol. The van der Waals surface area contributed by atoms with Gasteiger partial charge in [-0.1, -0.05) is 13.8 Å². The zero-order chi connectivity index (χ0) is 13.7. The molecular formula is C13H18BrFN2O. The molecule has 0 spiro atoms. The molecule has 0 radical (unpaired) electrons. The Morgan fingerprint density at radius 3 is 2.72 bits per heavy atom. The zero-order valence-electron chi connectivity index (χ0n) is 10.8. The molecule has 0 heterocycles. The Hall–Kier alpha value is -1.10. The average Bonchev–Trinajstić information content (AvgIpc) is 2.29. The van der Waals surface area contributed by atoms with Crippen LogP contribution in [-0.2, 0) is 4.79 Å². The van der Waals surface area contributed by atoms with Crippen LogP contribution in [0.4, 0.5) is 10.1 Å². The molecule has 0 aliphatic rings. The lowest BCUT2D eigenvalue weighted by atomic mass is 10.2. The number of anilines is 1. The second-order valence-corrected chi connectivity index (χ2v) is 5.49. The Kier molecular flexibility index (Phi) is 5.59. The lowest BCUT2D eigenvalue weighted by Gasteiger charge is -2.12. The number of hydrogen-bond donors (Lipinski definition) is 2. The van der Waals surface area contributed by atoms with Gasteiger partial charge in [-0.3, -0.25) is 4.79 Å². The fourth-order valence-electron chi connectivity index (χ4n) is 1.39. The molecule has 0 aliphatic heterocycles. The van der Waals surface area contributed by atoms with E-state index in [0.717, 1.165) is 11.3 Å². The Bertz CT molecular complexity index is 435. The van der Waals surface area contributed by atoms with Crippen LogP contribution < -0.4 is 10.6 Å². The topological polar surface area (TPSA) is 41.1 Å². The van der Waals surface area contributed by atoms with Gasteiger partial charge in [0.2, 0.25) is 5.91 Å². The normalized spacial score (nSPS) is 10.6. The first-order valence-corrected chi connectivity index (χ1v) is 6.65. The van der Waals surface area contributed by atoms with Crippen LogP contribution >= 0.6 is 15.9 Å². The molecule has 0 atom stereocenters. The minimum absolute atomic E-state index is 0.0662. The molecule has 2 N–H and O–H groups in total. The minimum atomic E-state index is -0.303. The third kappa shape index (κ3) is 4.64. The number of amides is 1. The standard InChI is InChI=1S/C13H18BrFN2O/c1-8(2)6-17-13(18)7-16-12-5-10(14)11(15)4-9(12)3/h4-5,8,16H,6-7H2,1-3H3,(H,17,18). The largest absolute Gasteiger partial charge is 0.376 e. The maximum Gasteiger partial charge on any atom is 0.239 e. The monoisotopic (exact) mass is 316 g/mol. The SMILES string of the molecule is Cc1cc(F)c(Br)cc1NCC(=O)NCC(C)C. The van der Waals surface area contributed by atoms with Crippen molar-refractivity contribution in [2.24, 2.45) is 5.92 Å². The van der Waals surface area contributed by atoms with Crippen molar-refractivity contribution in [1.29, 1.82) is 0 Å². The van der Waals surface area contributed by atoms with E-state index in [-0.39, 0.29) is 18.3 Å². The lowest BCUT2D eigenvalue weighted by molar-refractivity contribution is -0.119. The summed E-state index contributed by atoms with van der Waals surface area (Å²) in [4.78, 5) is 11.5. The van der Waals surface area contributed by atoms with Crippen LogP contribution in [0.5, 0.6) is 0 Å². The van der Waals surface area contributed by atoms with Crippen LogP contribution in [0.1, 0.15) is 19.4 Å². The molecule has 1 amide bonds. The van der Waals surface area contributed by atoms with Gasteiger partial charge >= 0.3 is 0 Å². The van der Waals surface area contributed by atoms with Gasteiger partial charge in [-0.15, -0.1) is 0 Å². The van der Waals surface area contributed by atoms with E-state index in [1.807, 2.05) is 13.8 Å². The maximum atomic E-state index is 13.2. The van der Waals surface area contributed by atoms with Crippen LogP contribution in [0.2, 0.25) is 0 Å².